The molecule has 1 aromatic rings. The molecular weight excluding hydrogens is 332 g/mol. The zero-order valence-corrected chi connectivity index (χ0v) is 14.8. The molecule has 7 heteroatoms. The summed E-state index contributed by atoms with van der Waals surface area (Å²) in [6.07, 6.45) is 3.19. The summed E-state index contributed by atoms with van der Waals surface area (Å²) in [7, 11) is 3.05. The van der Waals surface area contributed by atoms with Gasteiger partial charge in [-0.15, -0.1) is 0 Å². The van der Waals surface area contributed by atoms with Crippen LogP contribution in [0.25, 0.3) is 6.08 Å². The highest BCUT2D eigenvalue weighted by Gasteiger charge is 2.20. The Bertz CT molecular complexity index is 652. The average molecular weight is 353 g/mol. The van der Waals surface area contributed by atoms with Gasteiger partial charge in [-0.2, -0.15) is 0 Å². The van der Waals surface area contributed by atoms with E-state index in [9.17, 15) is 9.59 Å². The lowest BCUT2D eigenvalue weighted by Gasteiger charge is -2.33. The van der Waals surface area contributed by atoms with Gasteiger partial charge >= 0.3 is 0 Å². The van der Waals surface area contributed by atoms with E-state index in [0.717, 1.165) is 5.56 Å². The summed E-state index contributed by atoms with van der Waals surface area (Å²) in [5.74, 6) is 0.914. The lowest BCUT2D eigenvalue weighted by molar-refractivity contribution is -0.135. The third kappa shape index (κ3) is 4.20. The molecule has 2 rings (SSSR count). The van der Waals surface area contributed by atoms with E-state index in [0.29, 0.717) is 42.7 Å². The van der Waals surface area contributed by atoms with Crippen LogP contribution >= 0.6 is 11.6 Å². The quantitative estimate of drug-likeness (QED) is 0.778. The van der Waals surface area contributed by atoms with Crippen molar-refractivity contribution in [1.82, 2.24) is 9.80 Å². The normalized spacial score (nSPS) is 14.8. The molecule has 24 heavy (non-hydrogen) atoms. The van der Waals surface area contributed by atoms with Crippen LogP contribution in [0.4, 0.5) is 0 Å². The maximum absolute atomic E-state index is 12.3. The number of amides is 2. The van der Waals surface area contributed by atoms with Gasteiger partial charge in [0.1, 0.15) is 0 Å². The molecular formula is C17H21ClN2O4. The molecule has 130 valence electrons. The van der Waals surface area contributed by atoms with Gasteiger partial charge < -0.3 is 19.3 Å². The number of carbonyl (C=O) groups excluding carboxylic acids is 2. The zero-order valence-electron chi connectivity index (χ0n) is 14.0. The number of hydrogen-bond acceptors (Lipinski definition) is 4. The van der Waals surface area contributed by atoms with Gasteiger partial charge in [-0.25, -0.2) is 0 Å². The Morgan fingerprint density at radius 2 is 1.71 bits per heavy atom. The molecule has 0 atom stereocenters. The number of carbonyl (C=O) groups is 2. The zero-order chi connectivity index (χ0) is 17.7. The van der Waals surface area contributed by atoms with Crippen LogP contribution in [0.15, 0.2) is 18.2 Å². The first-order chi connectivity index (χ1) is 11.5. The van der Waals surface area contributed by atoms with Crippen molar-refractivity contribution in [2.75, 3.05) is 40.4 Å². The van der Waals surface area contributed by atoms with Crippen LogP contribution < -0.4 is 9.47 Å². The largest absolute Gasteiger partial charge is 0.493 e. The van der Waals surface area contributed by atoms with Gasteiger partial charge in [0.15, 0.2) is 11.5 Å². The first-order valence-corrected chi connectivity index (χ1v) is 7.98. The number of methoxy groups -OCH3 is 2. The molecule has 1 aliphatic heterocycles. The van der Waals surface area contributed by atoms with E-state index >= 15 is 0 Å². The smallest absolute Gasteiger partial charge is 0.246 e. The molecule has 0 aromatic heterocycles. The summed E-state index contributed by atoms with van der Waals surface area (Å²) in [4.78, 5) is 27.0. The summed E-state index contributed by atoms with van der Waals surface area (Å²) in [6.45, 7) is 3.75. The van der Waals surface area contributed by atoms with Crippen LogP contribution in [-0.4, -0.2) is 62.0 Å². The van der Waals surface area contributed by atoms with E-state index in [1.807, 2.05) is 0 Å². The van der Waals surface area contributed by atoms with Gasteiger partial charge in [-0.1, -0.05) is 11.6 Å². The SMILES string of the molecule is COc1cc(/C=C/C(=O)N2CCN(C(C)=O)CC2)cc(Cl)c1OC. The summed E-state index contributed by atoms with van der Waals surface area (Å²) in [5, 5.41) is 0.416. The van der Waals surface area contributed by atoms with Gasteiger partial charge in [0.05, 0.1) is 19.2 Å². The van der Waals surface area contributed by atoms with Crippen LogP contribution in [0.1, 0.15) is 12.5 Å². The molecule has 1 saturated heterocycles. The first-order valence-electron chi connectivity index (χ1n) is 7.60. The van der Waals surface area contributed by atoms with Crippen LogP contribution in [0.2, 0.25) is 5.02 Å². The van der Waals surface area contributed by atoms with Crippen molar-refractivity contribution < 1.29 is 19.1 Å². The van der Waals surface area contributed by atoms with Crippen molar-refractivity contribution in [1.29, 1.82) is 0 Å². The highest BCUT2D eigenvalue weighted by molar-refractivity contribution is 6.32. The number of ether oxygens (including phenoxy) is 2. The maximum Gasteiger partial charge on any atom is 0.246 e. The van der Waals surface area contributed by atoms with Crippen molar-refractivity contribution in [2.45, 2.75) is 6.92 Å². The number of rotatable bonds is 4. The molecule has 0 bridgehead atoms. The minimum atomic E-state index is -0.0934. The molecule has 0 saturated carbocycles. The summed E-state index contributed by atoms with van der Waals surface area (Å²) >= 11 is 6.15. The minimum absolute atomic E-state index is 0.0395. The molecule has 2 amide bonds. The topological polar surface area (TPSA) is 59.1 Å². The number of piperazine rings is 1. The van der Waals surface area contributed by atoms with E-state index in [4.69, 9.17) is 21.1 Å². The van der Waals surface area contributed by atoms with Crippen LogP contribution in [0.3, 0.4) is 0 Å². The van der Waals surface area contributed by atoms with Crippen LogP contribution in [0, 0.1) is 0 Å². The standard InChI is InChI=1S/C17H21ClN2O4/c1-12(21)19-6-8-20(9-7-19)16(22)5-4-13-10-14(18)17(24-3)15(11-13)23-2/h4-5,10-11H,6-9H2,1-3H3/b5-4+. The molecule has 1 aliphatic rings. The van der Waals surface area contributed by atoms with Crippen LogP contribution in [-0.2, 0) is 9.59 Å². The van der Waals surface area contributed by atoms with Crippen molar-refractivity contribution in [3.63, 3.8) is 0 Å². The fourth-order valence-electron chi connectivity index (χ4n) is 2.55. The first kappa shape index (κ1) is 18.1. The van der Waals surface area contributed by atoms with Gasteiger partial charge in [0.25, 0.3) is 0 Å². The van der Waals surface area contributed by atoms with Gasteiger partial charge in [0.2, 0.25) is 11.8 Å². The molecule has 6 nitrogen and oxygen atoms in total. The Morgan fingerprint density at radius 1 is 1.08 bits per heavy atom. The highest BCUT2D eigenvalue weighted by Crippen LogP contribution is 2.36. The number of nitrogens with zero attached hydrogens (tertiary/aromatic N) is 2. The lowest BCUT2D eigenvalue weighted by Crippen LogP contribution is -2.49. The fourth-order valence-corrected chi connectivity index (χ4v) is 2.85. The van der Waals surface area contributed by atoms with Crippen molar-refractivity contribution in [3.8, 4) is 11.5 Å². The third-order valence-corrected chi connectivity index (χ3v) is 4.19. The Kier molecular flexibility index (Phi) is 6.09. The molecule has 1 fully saturated rings. The fraction of sp³-hybridized carbons (Fsp3) is 0.412. The van der Waals surface area contributed by atoms with Gasteiger partial charge in [-0.3, -0.25) is 9.59 Å². The molecule has 0 radical (unpaired) electrons. The molecule has 0 aliphatic carbocycles. The second-order valence-electron chi connectivity index (χ2n) is 5.40. The molecule has 0 N–H and O–H groups in total. The maximum atomic E-state index is 12.3. The number of hydrogen-bond donors (Lipinski definition) is 0. The molecule has 0 unspecified atom stereocenters. The summed E-state index contributed by atoms with van der Waals surface area (Å²) in [6, 6.07) is 3.46. The average Bonchev–Trinajstić information content (AvgIpc) is 2.59. The van der Waals surface area contributed by atoms with Gasteiger partial charge in [0, 0.05) is 39.2 Å². The van der Waals surface area contributed by atoms with Crippen molar-refractivity contribution in [3.05, 3.63) is 28.8 Å². The summed E-state index contributed by atoms with van der Waals surface area (Å²) < 4.78 is 10.4. The van der Waals surface area contributed by atoms with E-state index in [-0.39, 0.29) is 11.8 Å². The molecule has 1 heterocycles. The minimum Gasteiger partial charge on any atom is -0.493 e. The Balaban J connectivity index is 2.04. The van der Waals surface area contributed by atoms with E-state index in [1.165, 1.54) is 27.2 Å². The second kappa shape index (κ2) is 8.06. The van der Waals surface area contributed by atoms with E-state index < -0.39 is 0 Å². The third-order valence-electron chi connectivity index (χ3n) is 3.91. The predicted molar refractivity (Wildman–Crippen MR) is 92.4 cm³/mol. The van der Waals surface area contributed by atoms with Crippen molar-refractivity contribution in [2.24, 2.45) is 0 Å². The van der Waals surface area contributed by atoms with Gasteiger partial charge in [-0.05, 0) is 23.8 Å². The predicted octanol–water partition coefficient (Wildman–Crippen LogP) is 2.06. The Labute approximate surface area is 146 Å². The molecule has 1 aromatic carbocycles. The second-order valence-corrected chi connectivity index (χ2v) is 5.81. The number of benzene rings is 1. The molecule has 0 spiro atoms. The van der Waals surface area contributed by atoms with Crippen LogP contribution in [0.5, 0.6) is 11.5 Å². The lowest BCUT2D eigenvalue weighted by atomic mass is 10.1. The number of halogens is 1. The Morgan fingerprint density at radius 3 is 2.25 bits per heavy atom. The summed E-state index contributed by atoms with van der Waals surface area (Å²) in [5.41, 5.74) is 0.744. The van der Waals surface area contributed by atoms with Crippen molar-refractivity contribution >= 4 is 29.5 Å². The van der Waals surface area contributed by atoms with E-state index in [2.05, 4.69) is 0 Å². The Hall–Kier alpha value is -2.21. The van der Waals surface area contributed by atoms with E-state index in [1.54, 1.807) is 28.0 Å². The monoisotopic (exact) mass is 352 g/mol. The highest BCUT2D eigenvalue weighted by atomic mass is 35.5.